The van der Waals surface area contributed by atoms with Gasteiger partial charge in [0.15, 0.2) is 5.69 Å². The van der Waals surface area contributed by atoms with E-state index in [-0.39, 0.29) is 17.3 Å². The smallest absolute Gasteiger partial charge is 0.266 e. The molecule has 0 fully saturated rings. The van der Waals surface area contributed by atoms with Crippen LogP contribution in [0.15, 0.2) is 42.6 Å². The second-order valence-corrected chi connectivity index (χ2v) is 8.09. The van der Waals surface area contributed by atoms with Crippen molar-refractivity contribution < 1.29 is 14.5 Å². The van der Waals surface area contributed by atoms with E-state index in [9.17, 15) is 19.7 Å². The molecule has 4 rings (SSSR count). The Kier molecular flexibility index (Phi) is 5.57. The van der Waals surface area contributed by atoms with Gasteiger partial charge in [0.25, 0.3) is 17.5 Å². The maximum Gasteiger partial charge on any atom is 0.290 e. The summed E-state index contributed by atoms with van der Waals surface area (Å²) < 4.78 is 1.36. The molecular weight excluding hydrogens is 406 g/mol. The van der Waals surface area contributed by atoms with Gasteiger partial charge in [-0.1, -0.05) is 12.5 Å². The summed E-state index contributed by atoms with van der Waals surface area (Å²) in [6, 6.07) is 9.29. The molecule has 0 atom stereocenters. The first-order valence-corrected chi connectivity index (χ1v) is 10.4. The van der Waals surface area contributed by atoms with Crippen molar-refractivity contribution in [3.05, 3.63) is 73.7 Å². The number of nitrogens with one attached hydrogen (secondary N) is 2. The van der Waals surface area contributed by atoms with Crippen LogP contribution >= 0.6 is 11.3 Å². The number of aromatic nitrogens is 2. The number of nitro benzene ring substituents is 1. The van der Waals surface area contributed by atoms with Crippen LogP contribution in [-0.4, -0.2) is 26.5 Å². The summed E-state index contributed by atoms with van der Waals surface area (Å²) in [5.41, 5.74) is 6.47. The van der Waals surface area contributed by atoms with Crippen molar-refractivity contribution in [3.8, 4) is 5.69 Å². The average molecular weight is 425 g/mol. The molecule has 0 bridgehead atoms. The van der Waals surface area contributed by atoms with Crippen LogP contribution in [0.3, 0.4) is 0 Å². The van der Waals surface area contributed by atoms with Crippen molar-refractivity contribution in [3.63, 3.8) is 0 Å². The van der Waals surface area contributed by atoms with Crippen molar-refractivity contribution in [2.75, 3.05) is 0 Å². The number of rotatable bonds is 4. The molecule has 1 aliphatic rings. The number of non-ortho nitro benzene ring substituents is 1. The van der Waals surface area contributed by atoms with Gasteiger partial charge in [-0.05, 0) is 49.4 Å². The molecular formula is C20H19N5O4S. The summed E-state index contributed by atoms with van der Waals surface area (Å²) in [5, 5.41) is 15.0. The first kappa shape index (κ1) is 19.8. The minimum absolute atomic E-state index is 0.0729. The second kappa shape index (κ2) is 8.46. The number of amides is 2. The quantitative estimate of drug-likeness (QED) is 0.378. The molecule has 1 aromatic carbocycles. The summed E-state index contributed by atoms with van der Waals surface area (Å²) in [6.45, 7) is 0. The molecule has 0 saturated heterocycles. The van der Waals surface area contributed by atoms with E-state index in [0.717, 1.165) is 25.7 Å². The lowest BCUT2D eigenvalue weighted by Crippen LogP contribution is -2.41. The number of nitro groups is 1. The Labute approximate surface area is 175 Å². The molecule has 3 aromatic rings. The Hall–Kier alpha value is -3.53. The van der Waals surface area contributed by atoms with E-state index < -0.39 is 10.8 Å². The number of hydrazine groups is 1. The van der Waals surface area contributed by atoms with E-state index in [0.29, 0.717) is 10.6 Å². The average Bonchev–Trinajstić information content (AvgIpc) is 3.35. The summed E-state index contributed by atoms with van der Waals surface area (Å²) in [4.78, 5) is 37.0. The molecule has 1 aliphatic carbocycles. The molecule has 10 heteroatoms. The van der Waals surface area contributed by atoms with Crippen LogP contribution < -0.4 is 10.9 Å². The highest BCUT2D eigenvalue weighted by Crippen LogP contribution is 2.28. The predicted molar refractivity (Wildman–Crippen MR) is 111 cm³/mol. The van der Waals surface area contributed by atoms with E-state index in [1.54, 1.807) is 6.07 Å². The molecule has 9 nitrogen and oxygen atoms in total. The number of thiophene rings is 1. The third-order valence-corrected chi connectivity index (χ3v) is 6.12. The fourth-order valence-electron chi connectivity index (χ4n) is 3.36. The lowest BCUT2D eigenvalue weighted by Gasteiger charge is -2.04. The van der Waals surface area contributed by atoms with Gasteiger partial charge >= 0.3 is 0 Å². The minimum atomic E-state index is -0.578. The van der Waals surface area contributed by atoms with Gasteiger partial charge < -0.3 is 0 Å². The van der Waals surface area contributed by atoms with Gasteiger partial charge in [0.1, 0.15) is 0 Å². The standard InChI is InChI=1S/C20H19N5O4S/c26-19(16-9-10-24(23-16)14-6-4-7-15(12-14)25(28)29)21-22-20(27)18-11-13-5-2-1-3-8-17(13)30-18/h4,6-7,9-12H,1-3,5,8H2,(H,21,26)(H,22,27). The molecule has 0 aliphatic heterocycles. The van der Waals surface area contributed by atoms with Gasteiger partial charge in [-0.15, -0.1) is 11.3 Å². The monoisotopic (exact) mass is 425 g/mol. The van der Waals surface area contributed by atoms with Gasteiger partial charge in [0.2, 0.25) is 0 Å². The van der Waals surface area contributed by atoms with Crippen LogP contribution in [0.2, 0.25) is 0 Å². The highest BCUT2D eigenvalue weighted by Gasteiger charge is 2.18. The van der Waals surface area contributed by atoms with Crippen LogP contribution in [0, 0.1) is 10.1 Å². The number of benzene rings is 1. The van der Waals surface area contributed by atoms with Crippen molar-refractivity contribution in [1.29, 1.82) is 0 Å². The van der Waals surface area contributed by atoms with Crippen LogP contribution in [0.4, 0.5) is 5.69 Å². The highest BCUT2D eigenvalue weighted by molar-refractivity contribution is 7.14. The molecule has 30 heavy (non-hydrogen) atoms. The first-order chi connectivity index (χ1) is 14.5. The Morgan fingerprint density at radius 2 is 1.87 bits per heavy atom. The van der Waals surface area contributed by atoms with Crippen LogP contribution in [0.1, 0.15) is 49.9 Å². The normalized spacial score (nSPS) is 13.2. The van der Waals surface area contributed by atoms with E-state index in [4.69, 9.17) is 0 Å². The number of fused-ring (bicyclic) bond motifs is 1. The second-order valence-electron chi connectivity index (χ2n) is 6.95. The van der Waals surface area contributed by atoms with E-state index in [1.165, 1.54) is 63.3 Å². The van der Waals surface area contributed by atoms with Gasteiger partial charge in [-0.25, -0.2) is 4.68 Å². The summed E-state index contributed by atoms with van der Waals surface area (Å²) in [7, 11) is 0. The zero-order valence-corrected chi connectivity index (χ0v) is 16.8. The minimum Gasteiger partial charge on any atom is -0.266 e. The third kappa shape index (κ3) is 4.23. The molecule has 0 spiro atoms. The number of hydrogen-bond acceptors (Lipinski definition) is 6. The number of carbonyl (C=O) groups is 2. The van der Waals surface area contributed by atoms with Gasteiger partial charge in [-0.3, -0.25) is 30.6 Å². The fraction of sp³-hybridized carbons (Fsp3) is 0.250. The Balaban J connectivity index is 1.40. The molecule has 2 N–H and O–H groups in total. The lowest BCUT2D eigenvalue weighted by atomic mass is 10.1. The number of nitrogens with zero attached hydrogens (tertiary/aromatic N) is 3. The third-order valence-electron chi connectivity index (χ3n) is 4.89. The van der Waals surface area contributed by atoms with Gasteiger partial charge in [0, 0.05) is 23.2 Å². The Morgan fingerprint density at radius 1 is 1.07 bits per heavy atom. The molecule has 154 valence electrons. The number of aryl methyl sites for hydroxylation is 2. The number of hydrogen-bond donors (Lipinski definition) is 2. The van der Waals surface area contributed by atoms with E-state index >= 15 is 0 Å². The molecule has 0 unspecified atom stereocenters. The van der Waals surface area contributed by atoms with Gasteiger partial charge in [0.05, 0.1) is 15.5 Å². The SMILES string of the molecule is O=C(NNC(=O)c1cc2c(s1)CCCCC2)c1ccn(-c2cccc([N+](=O)[O-])c2)n1. The fourth-order valence-corrected chi connectivity index (χ4v) is 4.51. The maximum absolute atomic E-state index is 12.4. The zero-order chi connectivity index (χ0) is 21.1. The lowest BCUT2D eigenvalue weighted by molar-refractivity contribution is -0.384. The highest BCUT2D eigenvalue weighted by atomic mass is 32.1. The summed E-state index contributed by atoms with van der Waals surface area (Å²) in [6.07, 6.45) is 6.98. The Bertz CT molecular complexity index is 1100. The largest absolute Gasteiger partial charge is 0.290 e. The summed E-state index contributed by atoms with van der Waals surface area (Å²) in [5.74, 6) is -0.940. The van der Waals surface area contributed by atoms with Crippen molar-refractivity contribution in [1.82, 2.24) is 20.6 Å². The topological polar surface area (TPSA) is 119 Å². The molecule has 2 aromatic heterocycles. The van der Waals surface area contributed by atoms with Crippen molar-refractivity contribution >= 4 is 28.8 Å². The Morgan fingerprint density at radius 3 is 2.70 bits per heavy atom. The van der Waals surface area contributed by atoms with Crippen LogP contribution in [0.5, 0.6) is 0 Å². The van der Waals surface area contributed by atoms with Crippen molar-refractivity contribution in [2.24, 2.45) is 0 Å². The molecule has 0 radical (unpaired) electrons. The van der Waals surface area contributed by atoms with Crippen LogP contribution in [0.25, 0.3) is 5.69 Å². The van der Waals surface area contributed by atoms with E-state index in [2.05, 4.69) is 16.0 Å². The van der Waals surface area contributed by atoms with Crippen molar-refractivity contribution in [2.45, 2.75) is 32.1 Å². The zero-order valence-electron chi connectivity index (χ0n) is 16.0. The molecule has 2 amide bonds. The number of carbonyl (C=O) groups excluding carboxylic acids is 2. The van der Waals surface area contributed by atoms with E-state index in [1.807, 2.05) is 6.07 Å². The predicted octanol–water partition coefficient (Wildman–Crippen LogP) is 3.19. The van der Waals surface area contributed by atoms with Gasteiger partial charge in [-0.2, -0.15) is 5.10 Å². The maximum atomic E-state index is 12.4. The molecule has 2 heterocycles. The first-order valence-electron chi connectivity index (χ1n) is 9.54. The van der Waals surface area contributed by atoms with Crippen LogP contribution in [-0.2, 0) is 12.8 Å². The molecule has 0 saturated carbocycles. The summed E-state index contributed by atoms with van der Waals surface area (Å²) >= 11 is 1.47.